The van der Waals surface area contributed by atoms with E-state index in [1.54, 1.807) is 17.0 Å². The van der Waals surface area contributed by atoms with Crippen LogP contribution in [0.2, 0.25) is 0 Å². The zero-order valence-electron chi connectivity index (χ0n) is 14.4. The van der Waals surface area contributed by atoms with Crippen LogP contribution in [0.25, 0.3) is 0 Å². The van der Waals surface area contributed by atoms with Crippen LogP contribution in [0.3, 0.4) is 0 Å². The summed E-state index contributed by atoms with van der Waals surface area (Å²) in [5.74, 6) is 0.911. The van der Waals surface area contributed by atoms with Crippen LogP contribution in [0.4, 0.5) is 0 Å². The van der Waals surface area contributed by atoms with Gasteiger partial charge in [-0.1, -0.05) is 0 Å². The average Bonchev–Trinajstić information content (AvgIpc) is 3.16. The molecule has 2 amide bonds. The first-order valence-electron chi connectivity index (χ1n) is 8.98. The summed E-state index contributed by atoms with van der Waals surface area (Å²) in [5, 5.41) is 3.22. The van der Waals surface area contributed by atoms with Gasteiger partial charge >= 0.3 is 0 Å². The summed E-state index contributed by atoms with van der Waals surface area (Å²) in [5.41, 5.74) is 0. The fourth-order valence-electron chi connectivity index (χ4n) is 3.83. The van der Waals surface area contributed by atoms with E-state index in [1.807, 2.05) is 11.9 Å². The summed E-state index contributed by atoms with van der Waals surface area (Å²) in [4.78, 5) is 29.3. The number of nitrogens with zero attached hydrogens (tertiary/aromatic N) is 2. The summed E-state index contributed by atoms with van der Waals surface area (Å²) in [7, 11) is 1.97. The molecule has 6 heteroatoms. The molecule has 1 unspecified atom stereocenters. The van der Waals surface area contributed by atoms with Crippen LogP contribution >= 0.6 is 0 Å². The third-order valence-corrected chi connectivity index (χ3v) is 5.20. The zero-order chi connectivity index (χ0) is 16.9. The molecule has 0 aromatic carbocycles. The van der Waals surface area contributed by atoms with Gasteiger partial charge in [-0.15, -0.1) is 0 Å². The van der Waals surface area contributed by atoms with Gasteiger partial charge in [0.05, 0.1) is 6.26 Å². The van der Waals surface area contributed by atoms with Gasteiger partial charge in [0.15, 0.2) is 5.76 Å². The predicted octanol–water partition coefficient (Wildman–Crippen LogP) is 1.73. The van der Waals surface area contributed by atoms with Crippen molar-refractivity contribution in [1.29, 1.82) is 0 Å². The number of nitrogens with one attached hydrogen (secondary N) is 1. The van der Waals surface area contributed by atoms with E-state index in [1.165, 1.54) is 6.26 Å². The van der Waals surface area contributed by atoms with Crippen molar-refractivity contribution < 1.29 is 14.0 Å². The highest BCUT2D eigenvalue weighted by molar-refractivity contribution is 5.95. The molecule has 1 aromatic heterocycles. The van der Waals surface area contributed by atoms with Gasteiger partial charge in [-0.25, -0.2) is 0 Å². The van der Waals surface area contributed by atoms with E-state index in [0.29, 0.717) is 18.2 Å². The molecule has 1 atom stereocenters. The molecule has 0 saturated carbocycles. The Hall–Kier alpha value is -1.82. The zero-order valence-corrected chi connectivity index (χ0v) is 14.4. The normalized spacial score (nSPS) is 22.6. The molecule has 6 nitrogen and oxygen atoms in total. The minimum Gasteiger partial charge on any atom is -0.459 e. The van der Waals surface area contributed by atoms with E-state index in [9.17, 15) is 9.59 Å². The maximum Gasteiger partial charge on any atom is 0.290 e. The number of likely N-dealkylation sites (tertiary alicyclic amines) is 2. The van der Waals surface area contributed by atoms with Crippen molar-refractivity contribution in [2.45, 2.75) is 38.1 Å². The van der Waals surface area contributed by atoms with Gasteiger partial charge < -0.3 is 19.5 Å². The number of amides is 2. The Morgan fingerprint density at radius 1 is 1.21 bits per heavy atom. The van der Waals surface area contributed by atoms with E-state index in [-0.39, 0.29) is 17.9 Å². The Morgan fingerprint density at radius 2 is 2.00 bits per heavy atom. The first-order valence-corrected chi connectivity index (χ1v) is 8.98. The Morgan fingerprint density at radius 3 is 2.67 bits per heavy atom. The second-order valence-corrected chi connectivity index (χ2v) is 6.81. The topological polar surface area (TPSA) is 65.8 Å². The van der Waals surface area contributed by atoms with Crippen LogP contribution in [0.15, 0.2) is 22.8 Å². The van der Waals surface area contributed by atoms with Crippen LogP contribution in [-0.4, -0.2) is 60.9 Å². The number of rotatable bonds is 4. The van der Waals surface area contributed by atoms with Crippen LogP contribution in [0, 0.1) is 5.92 Å². The van der Waals surface area contributed by atoms with Gasteiger partial charge in [0.25, 0.3) is 5.91 Å². The first-order chi connectivity index (χ1) is 11.7. The average molecular weight is 333 g/mol. The Labute approximate surface area is 143 Å². The lowest BCUT2D eigenvalue weighted by molar-refractivity contribution is -0.138. The first kappa shape index (κ1) is 17.0. The molecule has 2 fully saturated rings. The molecule has 0 spiro atoms. The molecule has 0 radical (unpaired) electrons. The molecular weight excluding hydrogens is 306 g/mol. The van der Waals surface area contributed by atoms with E-state index in [0.717, 1.165) is 51.7 Å². The van der Waals surface area contributed by atoms with Crippen molar-refractivity contribution in [3.05, 3.63) is 24.2 Å². The maximum atomic E-state index is 13.0. The summed E-state index contributed by atoms with van der Waals surface area (Å²) in [6.45, 7) is 3.23. The van der Waals surface area contributed by atoms with Crippen LogP contribution < -0.4 is 5.32 Å². The van der Waals surface area contributed by atoms with Crippen LogP contribution in [-0.2, 0) is 4.79 Å². The molecule has 3 rings (SSSR count). The smallest absolute Gasteiger partial charge is 0.290 e. The van der Waals surface area contributed by atoms with Gasteiger partial charge in [-0.05, 0) is 63.7 Å². The molecule has 2 aliphatic rings. The highest BCUT2D eigenvalue weighted by atomic mass is 16.3. The highest BCUT2D eigenvalue weighted by Crippen LogP contribution is 2.24. The second-order valence-electron chi connectivity index (χ2n) is 6.81. The quantitative estimate of drug-likeness (QED) is 0.911. The van der Waals surface area contributed by atoms with Crippen molar-refractivity contribution in [1.82, 2.24) is 15.1 Å². The number of hydrogen-bond acceptors (Lipinski definition) is 4. The van der Waals surface area contributed by atoms with Gasteiger partial charge in [0, 0.05) is 19.6 Å². The van der Waals surface area contributed by atoms with E-state index in [4.69, 9.17) is 4.42 Å². The van der Waals surface area contributed by atoms with E-state index < -0.39 is 0 Å². The molecule has 1 N–H and O–H groups in total. The third kappa shape index (κ3) is 3.64. The van der Waals surface area contributed by atoms with Crippen molar-refractivity contribution in [2.24, 2.45) is 5.92 Å². The fourth-order valence-corrected chi connectivity index (χ4v) is 3.83. The number of piperidine rings is 2. The van der Waals surface area contributed by atoms with Crippen LogP contribution in [0.1, 0.15) is 42.7 Å². The summed E-state index contributed by atoms with van der Waals surface area (Å²) in [6, 6.07) is 3.04. The Balaban J connectivity index is 1.65. The molecule has 2 saturated heterocycles. The second kappa shape index (κ2) is 7.83. The standard InChI is InChI=1S/C18H27N3O3/c1-19-13-14-7-10-20(11-8-14)17(22)15-5-2-3-9-21(15)18(23)16-6-4-12-24-16/h4,6,12,14-15,19H,2-3,5,7-11,13H2,1H3. The van der Waals surface area contributed by atoms with Gasteiger partial charge in [-0.3, -0.25) is 9.59 Å². The summed E-state index contributed by atoms with van der Waals surface area (Å²) in [6.07, 6.45) is 6.26. The summed E-state index contributed by atoms with van der Waals surface area (Å²) < 4.78 is 5.24. The van der Waals surface area contributed by atoms with Gasteiger partial charge in [0.2, 0.25) is 5.91 Å². The largest absolute Gasteiger partial charge is 0.459 e. The Kier molecular flexibility index (Phi) is 5.56. The van der Waals surface area contributed by atoms with Crippen molar-refractivity contribution in [3.63, 3.8) is 0 Å². The van der Waals surface area contributed by atoms with Crippen molar-refractivity contribution >= 4 is 11.8 Å². The van der Waals surface area contributed by atoms with E-state index >= 15 is 0 Å². The lowest BCUT2D eigenvalue weighted by Gasteiger charge is -2.39. The molecule has 24 heavy (non-hydrogen) atoms. The minimum atomic E-state index is -0.336. The predicted molar refractivity (Wildman–Crippen MR) is 90.6 cm³/mol. The number of hydrogen-bond donors (Lipinski definition) is 1. The number of furan rings is 1. The van der Waals surface area contributed by atoms with Crippen LogP contribution in [0.5, 0.6) is 0 Å². The van der Waals surface area contributed by atoms with Gasteiger partial charge in [-0.2, -0.15) is 0 Å². The molecular formula is C18H27N3O3. The molecule has 132 valence electrons. The summed E-state index contributed by atoms with van der Waals surface area (Å²) >= 11 is 0. The third-order valence-electron chi connectivity index (χ3n) is 5.20. The SMILES string of the molecule is CNCC1CCN(C(=O)C2CCCCN2C(=O)c2ccco2)CC1. The number of carbonyl (C=O) groups excluding carboxylic acids is 2. The highest BCUT2D eigenvalue weighted by Gasteiger charge is 2.36. The molecule has 3 heterocycles. The van der Waals surface area contributed by atoms with Crippen molar-refractivity contribution in [3.8, 4) is 0 Å². The maximum absolute atomic E-state index is 13.0. The lowest BCUT2D eigenvalue weighted by atomic mass is 9.94. The van der Waals surface area contributed by atoms with Crippen molar-refractivity contribution in [2.75, 3.05) is 33.2 Å². The molecule has 2 aliphatic heterocycles. The molecule has 0 aliphatic carbocycles. The van der Waals surface area contributed by atoms with Gasteiger partial charge in [0.1, 0.15) is 6.04 Å². The monoisotopic (exact) mass is 333 g/mol. The van der Waals surface area contributed by atoms with E-state index in [2.05, 4.69) is 5.32 Å². The minimum absolute atomic E-state index is 0.109. The number of carbonyl (C=O) groups is 2. The molecule has 1 aromatic rings. The Bertz CT molecular complexity index is 550. The lowest BCUT2D eigenvalue weighted by Crippen LogP contribution is -2.54. The molecule has 0 bridgehead atoms. The fraction of sp³-hybridized carbons (Fsp3) is 0.667.